The molecule has 0 atom stereocenters. The molecule has 1 heterocycles. The van der Waals surface area contributed by atoms with Crippen molar-refractivity contribution in [3.63, 3.8) is 0 Å². The van der Waals surface area contributed by atoms with E-state index in [-0.39, 0.29) is 22.3 Å². The topological polar surface area (TPSA) is 37.4 Å². The van der Waals surface area contributed by atoms with Crippen LogP contribution >= 0.6 is 27.5 Å². The van der Waals surface area contributed by atoms with Crippen LogP contribution in [0.15, 0.2) is 27.7 Å². The van der Waals surface area contributed by atoms with Crippen LogP contribution in [0.4, 0.5) is 10.1 Å². The van der Waals surface area contributed by atoms with Gasteiger partial charge in [0.1, 0.15) is 5.82 Å². The third-order valence-corrected chi connectivity index (χ3v) is 3.59. The number of Topliss-reactive ketones (excluding diaryl/α,β-unsaturated/α-hetero) is 1. The molecule has 0 saturated carbocycles. The molecule has 0 saturated heterocycles. The minimum absolute atomic E-state index is 0.161. The number of carbonyl (C=O) groups is 2. The summed E-state index contributed by atoms with van der Waals surface area (Å²) in [6.07, 6.45) is 0. The molecule has 0 bridgehead atoms. The van der Waals surface area contributed by atoms with Crippen LogP contribution in [0.1, 0.15) is 17.3 Å². The number of amides is 1. The lowest BCUT2D eigenvalue weighted by molar-refractivity contribution is -0.114. The second kappa shape index (κ2) is 4.82. The molecule has 18 heavy (non-hydrogen) atoms. The average Bonchev–Trinajstić information content (AvgIpc) is 2.56. The quantitative estimate of drug-likeness (QED) is 0.780. The number of rotatable bonds is 2. The van der Waals surface area contributed by atoms with Gasteiger partial charge in [-0.25, -0.2) is 4.39 Å². The van der Waals surface area contributed by atoms with Gasteiger partial charge in [-0.15, -0.1) is 0 Å². The fourth-order valence-electron chi connectivity index (χ4n) is 1.73. The van der Waals surface area contributed by atoms with Gasteiger partial charge in [0, 0.05) is 12.1 Å². The number of halogens is 3. The Balaban J connectivity index is 2.51. The van der Waals surface area contributed by atoms with Gasteiger partial charge in [0.15, 0.2) is 0 Å². The lowest BCUT2D eigenvalue weighted by Gasteiger charge is -2.16. The number of ketones is 1. The first-order valence-corrected chi connectivity index (χ1v) is 6.29. The van der Waals surface area contributed by atoms with Crippen LogP contribution in [0.5, 0.6) is 0 Å². The van der Waals surface area contributed by atoms with E-state index < -0.39 is 17.5 Å². The van der Waals surface area contributed by atoms with Gasteiger partial charge >= 0.3 is 0 Å². The molecule has 1 amide bonds. The van der Waals surface area contributed by atoms with Crippen molar-refractivity contribution in [2.45, 2.75) is 6.92 Å². The van der Waals surface area contributed by atoms with E-state index in [1.54, 1.807) is 6.92 Å². The maximum atomic E-state index is 13.5. The monoisotopic (exact) mass is 331 g/mol. The van der Waals surface area contributed by atoms with Crippen molar-refractivity contribution in [3.8, 4) is 0 Å². The molecule has 2 rings (SSSR count). The zero-order chi connectivity index (χ0) is 13.4. The molecular weight excluding hydrogens is 324 g/mol. The molecule has 1 aromatic rings. The van der Waals surface area contributed by atoms with Gasteiger partial charge in [-0.1, -0.05) is 11.6 Å². The molecule has 3 nitrogen and oxygen atoms in total. The molecule has 0 unspecified atom stereocenters. The highest BCUT2D eigenvalue weighted by Crippen LogP contribution is 2.33. The summed E-state index contributed by atoms with van der Waals surface area (Å²) < 4.78 is 13.6. The van der Waals surface area contributed by atoms with Crippen molar-refractivity contribution in [1.29, 1.82) is 0 Å². The van der Waals surface area contributed by atoms with E-state index in [2.05, 4.69) is 15.9 Å². The van der Waals surface area contributed by atoms with Crippen molar-refractivity contribution in [1.82, 2.24) is 0 Å². The van der Waals surface area contributed by atoms with Crippen molar-refractivity contribution in [3.05, 3.63) is 39.1 Å². The van der Waals surface area contributed by atoms with Gasteiger partial charge in [0.05, 0.1) is 15.7 Å². The van der Waals surface area contributed by atoms with Crippen molar-refractivity contribution in [2.24, 2.45) is 0 Å². The molecule has 94 valence electrons. The zero-order valence-corrected chi connectivity index (χ0v) is 11.7. The molecule has 0 N–H and O–H groups in total. The summed E-state index contributed by atoms with van der Waals surface area (Å²) in [5, 5.41) is 0. The Kier molecular flexibility index (Phi) is 3.54. The molecule has 6 heteroatoms. The summed E-state index contributed by atoms with van der Waals surface area (Å²) in [6, 6.07) is 2.49. The lowest BCUT2D eigenvalue weighted by atomic mass is 10.1. The highest BCUT2D eigenvalue weighted by Gasteiger charge is 2.36. The first-order valence-electron chi connectivity index (χ1n) is 5.06. The highest BCUT2D eigenvalue weighted by atomic mass is 79.9. The molecule has 1 aromatic carbocycles. The second-order valence-corrected chi connectivity index (χ2v) is 5.03. The maximum Gasteiger partial charge on any atom is 0.299 e. The van der Waals surface area contributed by atoms with Crippen LogP contribution in [0.25, 0.3) is 0 Å². The zero-order valence-electron chi connectivity index (χ0n) is 9.34. The summed E-state index contributed by atoms with van der Waals surface area (Å²) in [4.78, 5) is 24.8. The van der Waals surface area contributed by atoms with Gasteiger partial charge in [0.2, 0.25) is 0 Å². The van der Waals surface area contributed by atoms with E-state index in [1.807, 2.05) is 0 Å². The first kappa shape index (κ1) is 13.2. The van der Waals surface area contributed by atoms with E-state index in [0.717, 1.165) is 0 Å². The van der Waals surface area contributed by atoms with Crippen LogP contribution in [0.3, 0.4) is 0 Å². The Bertz CT molecular complexity index is 586. The number of anilines is 1. The molecule has 0 aliphatic carbocycles. The van der Waals surface area contributed by atoms with Crippen LogP contribution in [-0.4, -0.2) is 18.2 Å². The fraction of sp³-hybridized carbons (Fsp3) is 0.167. The Morgan fingerprint density at radius 1 is 1.50 bits per heavy atom. The second-order valence-electron chi connectivity index (χ2n) is 3.96. The smallest absolute Gasteiger partial charge is 0.299 e. The van der Waals surface area contributed by atoms with Gasteiger partial charge in [-0.05, 0) is 40.6 Å². The van der Waals surface area contributed by atoms with Crippen LogP contribution in [0.2, 0.25) is 0 Å². The van der Waals surface area contributed by atoms with Crippen molar-refractivity contribution in [2.75, 3.05) is 11.4 Å². The molecule has 0 radical (unpaired) electrons. The Morgan fingerprint density at radius 3 is 2.78 bits per heavy atom. The molecule has 0 spiro atoms. The van der Waals surface area contributed by atoms with E-state index in [0.29, 0.717) is 5.57 Å². The minimum Gasteiger partial charge on any atom is -0.301 e. The van der Waals surface area contributed by atoms with Crippen molar-refractivity contribution >= 4 is 44.9 Å². The van der Waals surface area contributed by atoms with Gasteiger partial charge in [-0.3, -0.25) is 9.59 Å². The first-order chi connectivity index (χ1) is 8.45. The highest BCUT2D eigenvalue weighted by molar-refractivity contribution is 9.10. The number of hydrogen-bond donors (Lipinski definition) is 0. The normalized spacial score (nSPS) is 15.3. The van der Waals surface area contributed by atoms with E-state index in [1.165, 1.54) is 22.6 Å². The molecule has 1 aliphatic heterocycles. The third kappa shape index (κ3) is 2.08. The Morgan fingerprint density at radius 2 is 2.17 bits per heavy atom. The molecule has 0 fully saturated rings. The van der Waals surface area contributed by atoms with Crippen LogP contribution in [0, 0.1) is 5.82 Å². The molecule has 0 aromatic heterocycles. The Labute approximate surface area is 116 Å². The van der Waals surface area contributed by atoms with E-state index >= 15 is 0 Å². The number of nitrogens with zero attached hydrogens (tertiary/aromatic N) is 1. The van der Waals surface area contributed by atoms with Gasteiger partial charge in [0.25, 0.3) is 11.7 Å². The number of benzene rings is 1. The minimum atomic E-state index is -0.666. The summed E-state index contributed by atoms with van der Waals surface area (Å²) in [5.74, 6) is -1.82. The number of fused-ring (bicyclic) bond motifs is 1. The molecular formula is C12H8BrClFNO2. The summed E-state index contributed by atoms with van der Waals surface area (Å²) in [6.45, 7) is 1.89. The van der Waals surface area contributed by atoms with E-state index in [4.69, 9.17) is 11.6 Å². The van der Waals surface area contributed by atoms with Crippen LogP contribution < -0.4 is 4.90 Å². The number of carbonyl (C=O) groups excluding carboxylic acids is 2. The largest absolute Gasteiger partial charge is 0.301 e. The summed E-state index contributed by atoms with van der Waals surface area (Å²) >= 11 is 8.52. The fourth-order valence-corrected chi connectivity index (χ4v) is 2.14. The summed E-state index contributed by atoms with van der Waals surface area (Å²) in [7, 11) is 0. The van der Waals surface area contributed by atoms with E-state index in [9.17, 15) is 14.0 Å². The predicted molar refractivity (Wildman–Crippen MR) is 70.4 cm³/mol. The molecule has 1 aliphatic rings. The van der Waals surface area contributed by atoms with Gasteiger partial charge < -0.3 is 4.90 Å². The predicted octanol–water partition coefficient (Wildman–Crippen LogP) is 3.26. The maximum absolute atomic E-state index is 13.5. The lowest BCUT2D eigenvalue weighted by Crippen LogP contribution is -2.31. The SMILES string of the molecule is C/C(=C/Cl)CN1C(=O)C(=O)c2cc(Br)c(F)cc21. The number of hydrogen-bond acceptors (Lipinski definition) is 2. The summed E-state index contributed by atoms with van der Waals surface area (Å²) in [5.41, 5.74) is 2.51. The van der Waals surface area contributed by atoms with Crippen LogP contribution in [-0.2, 0) is 4.79 Å². The van der Waals surface area contributed by atoms with Gasteiger partial charge in [-0.2, -0.15) is 0 Å². The van der Waals surface area contributed by atoms with Crippen molar-refractivity contribution < 1.29 is 14.0 Å². The Hall–Kier alpha value is -1.20. The third-order valence-electron chi connectivity index (χ3n) is 2.61. The standard InChI is InChI=1S/C12H8BrClFNO2/c1-6(4-14)5-16-10-3-9(15)8(13)2-7(10)11(17)12(16)18/h2-4H,5H2,1H3/b6-4-. The average molecular weight is 333 g/mol.